The van der Waals surface area contributed by atoms with Crippen molar-refractivity contribution in [2.45, 2.75) is 73.1 Å². The maximum Gasteiger partial charge on any atom is 0.485 e. The van der Waals surface area contributed by atoms with Gasteiger partial charge in [0.2, 0.25) is 12.1 Å². The third-order valence-corrected chi connectivity index (χ3v) is 1.68. The lowest BCUT2D eigenvalue weighted by Gasteiger charge is -2.18. The Kier molecular flexibility index (Phi) is 34.7. The molecule has 30 heavy (non-hydrogen) atoms. The zero-order chi connectivity index (χ0) is 22.6. The van der Waals surface area contributed by atoms with Gasteiger partial charge in [0.25, 0.3) is 5.92 Å². The molecule has 0 saturated heterocycles. The van der Waals surface area contributed by atoms with Gasteiger partial charge in [0.05, 0.1) is 0 Å². The first-order valence-corrected chi connectivity index (χ1v) is 5.66. The summed E-state index contributed by atoms with van der Waals surface area (Å²) in [4.78, 5) is 1.34. The number of rotatable bonds is 2. The molecule has 0 spiro atoms. The minimum atomic E-state index is -5.98. The van der Waals surface area contributed by atoms with Crippen molar-refractivity contribution in [3.63, 3.8) is 0 Å². The lowest BCUT2D eigenvalue weighted by atomic mass is 10.3. The Labute approximate surface area is 170 Å². The van der Waals surface area contributed by atoms with E-state index in [0.717, 1.165) is 0 Å². The van der Waals surface area contributed by atoms with Crippen LogP contribution >= 0.6 is 11.6 Å². The van der Waals surface area contributed by atoms with Crippen LogP contribution in [0.1, 0.15) is 43.6 Å². The van der Waals surface area contributed by atoms with Crippen molar-refractivity contribution in [3.05, 3.63) is 0 Å². The second kappa shape index (κ2) is 20.1. The first-order chi connectivity index (χ1) is 11.0. The standard InChI is InChI=1S/C4H6ClF3.C2F6O.C2H2F4.CH2F2.4CH4/c1-3(5,6)4(2,7)8;3-1(4,5)2(6,7)9-8;3-1-2(4,5)6;2-1-3;;;;/h1-2H3;;1H2;1H2;4*1H4. The average Bonchev–Trinajstić information content (AvgIpc) is 2.36. The van der Waals surface area contributed by atoms with E-state index in [2.05, 4.69) is 11.6 Å². The summed E-state index contributed by atoms with van der Waals surface area (Å²) in [6, 6.07) is 0. The smallest absolute Gasteiger partial charge is 0.241 e. The van der Waals surface area contributed by atoms with Gasteiger partial charge in [-0.3, -0.25) is 0 Å². The third-order valence-electron chi connectivity index (χ3n) is 1.35. The largest absolute Gasteiger partial charge is 0.485 e. The van der Waals surface area contributed by atoms with Crippen molar-refractivity contribution in [1.29, 1.82) is 0 Å². The van der Waals surface area contributed by atoms with Gasteiger partial charge in [-0.25, -0.2) is 26.3 Å². The van der Waals surface area contributed by atoms with Gasteiger partial charge in [-0.2, -0.15) is 35.1 Å². The molecule has 0 aromatic rings. The average molecular weight is 519 g/mol. The molecule has 0 aromatic carbocycles. The van der Waals surface area contributed by atoms with Crippen molar-refractivity contribution in [3.8, 4) is 0 Å². The molecule has 0 bridgehead atoms. The highest BCUT2D eigenvalue weighted by Gasteiger charge is 2.61. The Hall–Kier alpha value is -0.800. The van der Waals surface area contributed by atoms with Crippen LogP contribution in [0.2, 0.25) is 0 Å². The molecular formula is C13H26ClF15O. The fraction of sp³-hybridized carbons (Fsp3) is 1.00. The highest BCUT2D eigenvalue weighted by molar-refractivity contribution is 6.23. The Bertz CT molecular complexity index is 319. The summed E-state index contributed by atoms with van der Waals surface area (Å²) in [5.74, 6) is -3.46. The second-order valence-corrected chi connectivity index (χ2v) is 4.43. The van der Waals surface area contributed by atoms with Crippen LogP contribution in [0.25, 0.3) is 0 Å². The van der Waals surface area contributed by atoms with Crippen LogP contribution in [0.5, 0.6) is 0 Å². The lowest BCUT2D eigenvalue weighted by Crippen LogP contribution is -2.36. The van der Waals surface area contributed by atoms with E-state index in [9.17, 15) is 66.0 Å². The van der Waals surface area contributed by atoms with Crippen molar-refractivity contribution < 1.29 is 70.9 Å². The van der Waals surface area contributed by atoms with Crippen LogP contribution in [-0.2, 0) is 4.94 Å². The van der Waals surface area contributed by atoms with Gasteiger partial charge in [0.1, 0.15) is 0 Å². The van der Waals surface area contributed by atoms with Gasteiger partial charge in [0, 0.05) is 6.92 Å². The summed E-state index contributed by atoms with van der Waals surface area (Å²) in [6.45, 7) is -2.93. The number of hydrogen-bond donors (Lipinski definition) is 0. The van der Waals surface area contributed by atoms with Gasteiger partial charge < -0.3 is 0 Å². The number of hydrogen-bond acceptors (Lipinski definition) is 1. The molecule has 0 aliphatic rings. The molecule has 0 rings (SSSR count). The van der Waals surface area contributed by atoms with E-state index < -0.39 is 43.1 Å². The molecule has 0 aromatic heterocycles. The van der Waals surface area contributed by atoms with E-state index >= 15 is 0 Å². The Morgan fingerprint density at radius 3 is 0.833 bits per heavy atom. The normalized spacial score (nSPS) is 12.6. The van der Waals surface area contributed by atoms with E-state index in [1.807, 2.05) is 0 Å². The lowest BCUT2D eigenvalue weighted by molar-refractivity contribution is -0.453. The summed E-state index contributed by atoms with van der Waals surface area (Å²) < 4.78 is 161. The van der Waals surface area contributed by atoms with Gasteiger partial charge in [-0.1, -0.05) is 41.3 Å². The molecule has 0 heterocycles. The summed E-state index contributed by atoms with van der Waals surface area (Å²) in [7, 11) is 0. The van der Waals surface area contributed by atoms with Crippen LogP contribution in [0, 0.1) is 0 Å². The highest BCUT2D eigenvalue weighted by Crippen LogP contribution is 2.36. The number of alkyl halides is 15. The molecule has 1 unspecified atom stereocenters. The van der Waals surface area contributed by atoms with Crippen LogP contribution in [0.3, 0.4) is 0 Å². The zero-order valence-corrected chi connectivity index (χ0v) is 13.1. The van der Waals surface area contributed by atoms with Crippen LogP contribution in [0.4, 0.5) is 66.0 Å². The van der Waals surface area contributed by atoms with E-state index in [1.54, 1.807) is 0 Å². The van der Waals surface area contributed by atoms with Crippen molar-refractivity contribution in [2.24, 2.45) is 0 Å². The van der Waals surface area contributed by atoms with Crippen molar-refractivity contribution >= 4 is 11.6 Å². The van der Waals surface area contributed by atoms with Crippen molar-refractivity contribution in [1.82, 2.24) is 0 Å². The topological polar surface area (TPSA) is 9.23 Å². The summed E-state index contributed by atoms with van der Waals surface area (Å²) in [5.41, 5.74) is 0. The fourth-order valence-electron chi connectivity index (χ4n) is 0.0437. The summed E-state index contributed by atoms with van der Waals surface area (Å²) in [5, 5.41) is -2.92. The van der Waals surface area contributed by atoms with Crippen LogP contribution in [0.15, 0.2) is 0 Å². The first-order valence-electron chi connectivity index (χ1n) is 5.28. The minimum Gasteiger partial charge on any atom is -0.241 e. The van der Waals surface area contributed by atoms with Gasteiger partial charge in [-0.15, -0.1) is 4.94 Å². The summed E-state index contributed by atoms with van der Waals surface area (Å²) >= 11 is 4.59. The molecule has 0 radical (unpaired) electrons. The molecular weight excluding hydrogens is 493 g/mol. The van der Waals surface area contributed by atoms with E-state index in [1.165, 1.54) is 4.94 Å². The fourth-order valence-corrected chi connectivity index (χ4v) is 0.0437. The zero-order valence-electron chi connectivity index (χ0n) is 12.4. The molecule has 17 heteroatoms. The van der Waals surface area contributed by atoms with Gasteiger partial charge >= 0.3 is 18.5 Å². The molecule has 0 fully saturated rings. The maximum absolute atomic E-state index is 11.9. The predicted molar refractivity (Wildman–Crippen MR) is 85.2 cm³/mol. The molecule has 0 saturated carbocycles. The minimum absolute atomic E-state index is 0. The molecule has 196 valence electrons. The second-order valence-electron chi connectivity index (χ2n) is 3.72. The predicted octanol–water partition coefficient (Wildman–Crippen LogP) is 9.55. The maximum atomic E-state index is 11.9. The monoisotopic (exact) mass is 518 g/mol. The SMILES string of the molecule is C.C.C.C.CC(F)(F)C(C)(F)Cl.FCC(F)(F)F.FCF.FOC(F)(F)C(F)(F)F. The Morgan fingerprint density at radius 1 is 0.667 bits per heavy atom. The molecule has 0 aliphatic heterocycles. The highest BCUT2D eigenvalue weighted by atomic mass is 35.5. The van der Waals surface area contributed by atoms with E-state index in [0.29, 0.717) is 13.8 Å². The number of halogens is 16. The molecule has 1 nitrogen and oxygen atoms in total. The summed E-state index contributed by atoms with van der Waals surface area (Å²) in [6.07, 6.45) is -16.3. The Morgan fingerprint density at radius 2 is 0.833 bits per heavy atom. The molecule has 0 amide bonds. The molecule has 0 aliphatic carbocycles. The first kappa shape index (κ1) is 51.7. The third kappa shape index (κ3) is 34.7. The van der Waals surface area contributed by atoms with Crippen LogP contribution in [-0.4, -0.2) is 43.1 Å². The van der Waals surface area contributed by atoms with E-state index in [-0.39, 0.29) is 29.7 Å². The molecule has 0 N–H and O–H groups in total. The van der Waals surface area contributed by atoms with Gasteiger partial charge in [0.15, 0.2) is 6.67 Å². The Balaban J connectivity index is -0.0000000360. The van der Waals surface area contributed by atoms with Crippen LogP contribution < -0.4 is 0 Å². The van der Waals surface area contributed by atoms with Crippen molar-refractivity contribution in [2.75, 3.05) is 13.6 Å². The van der Waals surface area contributed by atoms with Gasteiger partial charge in [-0.05, 0) is 11.4 Å². The van der Waals surface area contributed by atoms with E-state index in [4.69, 9.17) is 0 Å². The molecule has 1 atom stereocenters. The quantitative estimate of drug-likeness (QED) is 0.261.